The first-order valence-electron chi connectivity index (χ1n) is 6.19. The predicted octanol–water partition coefficient (Wildman–Crippen LogP) is 0.896. The number of nitrogens with zero attached hydrogens (tertiary/aromatic N) is 3. The van der Waals surface area contributed by atoms with Gasteiger partial charge in [0.1, 0.15) is 12.4 Å². The van der Waals surface area contributed by atoms with Crippen LogP contribution in [0.3, 0.4) is 0 Å². The van der Waals surface area contributed by atoms with Gasteiger partial charge in [0.2, 0.25) is 0 Å². The number of hydrogen-bond acceptors (Lipinski definition) is 2. The number of benzene rings is 1. The van der Waals surface area contributed by atoms with E-state index in [2.05, 4.69) is 15.8 Å². The monoisotopic (exact) mass is 260 g/mol. The first kappa shape index (κ1) is 13.2. The minimum Gasteiger partial charge on any atom is -0.370 e. The predicted molar refractivity (Wildman–Crippen MR) is 75.5 cm³/mol. The molecular weight excluding hydrogens is 243 g/mol. The molecule has 1 aliphatic heterocycles. The molecule has 0 saturated carbocycles. The third kappa shape index (κ3) is 3.38. The molecule has 4 nitrogen and oxygen atoms in total. The lowest BCUT2D eigenvalue weighted by molar-refractivity contribution is 0.381. The molecule has 0 spiro atoms. The maximum Gasteiger partial charge on any atom is 0.192 e. The molecule has 0 aliphatic carbocycles. The van der Waals surface area contributed by atoms with Gasteiger partial charge in [-0.15, -0.1) is 6.42 Å². The third-order valence-electron chi connectivity index (χ3n) is 3.13. The largest absolute Gasteiger partial charge is 0.370 e. The molecule has 2 rings (SSSR count). The lowest BCUT2D eigenvalue weighted by Gasteiger charge is -2.36. The van der Waals surface area contributed by atoms with E-state index in [1.807, 2.05) is 4.90 Å². The number of rotatable bonds is 2. The van der Waals surface area contributed by atoms with Gasteiger partial charge >= 0.3 is 0 Å². The molecule has 0 radical (unpaired) electrons. The first-order chi connectivity index (χ1) is 9.20. The van der Waals surface area contributed by atoms with Crippen LogP contribution in [0.25, 0.3) is 0 Å². The molecule has 1 saturated heterocycles. The van der Waals surface area contributed by atoms with Gasteiger partial charge in [-0.25, -0.2) is 9.38 Å². The summed E-state index contributed by atoms with van der Waals surface area (Å²) in [5, 5.41) is 0. The number of halogens is 1. The Morgan fingerprint density at radius 3 is 2.47 bits per heavy atom. The van der Waals surface area contributed by atoms with E-state index in [0.717, 1.165) is 31.9 Å². The topological polar surface area (TPSA) is 44.9 Å². The SMILES string of the molecule is C#CCN=C(N)N1CCN(c2ccc(F)cc2)CC1. The van der Waals surface area contributed by atoms with Crippen molar-refractivity contribution in [3.63, 3.8) is 0 Å². The summed E-state index contributed by atoms with van der Waals surface area (Å²) in [6, 6.07) is 6.54. The summed E-state index contributed by atoms with van der Waals surface area (Å²) in [6.07, 6.45) is 5.15. The van der Waals surface area contributed by atoms with E-state index >= 15 is 0 Å². The van der Waals surface area contributed by atoms with Crippen molar-refractivity contribution in [3.8, 4) is 12.3 Å². The number of nitrogens with two attached hydrogens (primary N) is 1. The molecule has 2 N–H and O–H groups in total. The Morgan fingerprint density at radius 2 is 1.89 bits per heavy atom. The van der Waals surface area contributed by atoms with Crippen LogP contribution in [0.1, 0.15) is 0 Å². The van der Waals surface area contributed by atoms with E-state index < -0.39 is 0 Å². The van der Waals surface area contributed by atoms with Gasteiger partial charge in [0.05, 0.1) is 0 Å². The Hall–Kier alpha value is -2.22. The second-order valence-electron chi connectivity index (χ2n) is 4.33. The number of aliphatic imine (C=N–C) groups is 1. The average Bonchev–Trinajstić information content (AvgIpc) is 2.46. The summed E-state index contributed by atoms with van der Waals surface area (Å²) in [6.45, 7) is 3.55. The Bertz CT molecular complexity index is 481. The van der Waals surface area contributed by atoms with E-state index in [1.54, 1.807) is 12.1 Å². The highest BCUT2D eigenvalue weighted by molar-refractivity contribution is 5.78. The Balaban J connectivity index is 1.92. The minimum absolute atomic E-state index is 0.215. The highest BCUT2D eigenvalue weighted by atomic mass is 19.1. The van der Waals surface area contributed by atoms with Crippen molar-refractivity contribution in [2.75, 3.05) is 37.6 Å². The van der Waals surface area contributed by atoms with Crippen LogP contribution in [-0.2, 0) is 0 Å². The lowest BCUT2D eigenvalue weighted by atomic mass is 10.2. The molecule has 1 aromatic carbocycles. The van der Waals surface area contributed by atoms with Crippen LogP contribution in [0.5, 0.6) is 0 Å². The lowest BCUT2D eigenvalue weighted by Crippen LogP contribution is -2.51. The standard InChI is InChI=1S/C14H17FN4/c1-2-7-17-14(16)19-10-8-18(9-11-19)13-5-3-12(15)4-6-13/h1,3-6H,7-11H2,(H2,16,17). The molecule has 0 atom stereocenters. The van der Waals surface area contributed by atoms with Crippen molar-refractivity contribution in [1.29, 1.82) is 0 Å². The molecule has 100 valence electrons. The van der Waals surface area contributed by atoms with Gasteiger partial charge in [0.25, 0.3) is 0 Å². The van der Waals surface area contributed by atoms with E-state index in [1.165, 1.54) is 12.1 Å². The van der Waals surface area contributed by atoms with Gasteiger partial charge in [-0.1, -0.05) is 5.92 Å². The summed E-state index contributed by atoms with van der Waals surface area (Å²) in [7, 11) is 0. The molecule has 0 amide bonds. The molecule has 1 aromatic rings. The molecule has 19 heavy (non-hydrogen) atoms. The second kappa shape index (κ2) is 6.10. The van der Waals surface area contributed by atoms with E-state index in [9.17, 15) is 4.39 Å². The summed E-state index contributed by atoms with van der Waals surface area (Å²) < 4.78 is 12.9. The Labute approximate surface area is 112 Å². The highest BCUT2D eigenvalue weighted by Gasteiger charge is 2.18. The fourth-order valence-corrected chi connectivity index (χ4v) is 2.07. The van der Waals surface area contributed by atoms with E-state index in [-0.39, 0.29) is 5.82 Å². The summed E-state index contributed by atoms with van der Waals surface area (Å²) in [4.78, 5) is 8.30. The zero-order valence-electron chi connectivity index (χ0n) is 10.7. The smallest absolute Gasteiger partial charge is 0.192 e. The zero-order chi connectivity index (χ0) is 13.7. The number of hydrogen-bond donors (Lipinski definition) is 1. The van der Waals surface area contributed by atoms with Crippen molar-refractivity contribution >= 4 is 11.6 Å². The molecule has 1 fully saturated rings. The summed E-state index contributed by atoms with van der Waals surface area (Å²) >= 11 is 0. The van der Waals surface area contributed by atoms with E-state index in [0.29, 0.717) is 12.5 Å². The average molecular weight is 260 g/mol. The van der Waals surface area contributed by atoms with Gasteiger partial charge in [-0.05, 0) is 24.3 Å². The number of guanidine groups is 1. The van der Waals surface area contributed by atoms with Crippen LogP contribution in [0.15, 0.2) is 29.3 Å². The minimum atomic E-state index is -0.215. The Kier molecular flexibility index (Phi) is 4.24. The van der Waals surface area contributed by atoms with Gasteiger partial charge in [-0.2, -0.15) is 0 Å². The van der Waals surface area contributed by atoms with Gasteiger partial charge in [0, 0.05) is 31.9 Å². The molecule has 1 aliphatic rings. The third-order valence-corrected chi connectivity index (χ3v) is 3.13. The normalized spacial score (nSPS) is 16.3. The molecular formula is C14H17FN4. The molecule has 0 unspecified atom stereocenters. The van der Waals surface area contributed by atoms with Gasteiger partial charge in [-0.3, -0.25) is 0 Å². The van der Waals surface area contributed by atoms with Crippen LogP contribution in [0.2, 0.25) is 0 Å². The number of anilines is 1. The van der Waals surface area contributed by atoms with Crippen LogP contribution in [0, 0.1) is 18.2 Å². The molecule has 5 heteroatoms. The van der Waals surface area contributed by atoms with E-state index in [4.69, 9.17) is 12.2 Å². The van der Waals surface area contributed by atoms with Crippen molar-refractivity contribution in [2.45, 2.75) is 0 Å². The zero-order valence-corrected chi connectivity index (χ0v) is 10.7. The van der Waals surface area contributed by atoms with Crippen LogP contribution in [-0.4, -0.2) is 43.6 Å². The summed E-state index contributed by atoms with van der Waals surface area (Å²) in [5.74, 6) is 2.72. The molecule has 1 heterocycles. The summed E-state index contributed by atoms with van der Waals surface area (Å²) in [5.41, 5.74) is 6.88. The van der Waals surface area contributed by atoms with Gasteiger partial charge in [0.15, 0.2) is 5.96 Å². The molecule has 0 aromatic heterocycles. The quantitative estimate of drug-likeness (QED) is 0.488. The van der Waals surface area contributed by atoms with Crippen LogP contribution in [0.4, 0.5) is 10.1 Å². The number of terminal acetylenes is 1. The van der Waals surface area contributed by atoms with Gasteiger partial charge < -0.3 is 15.5 Å². The molecule has 0 bridgehead atoms. The van der Waals surface area contributed by atoms with Crippen LogP contribution >= 0.6 is 0 Å². The maximum absolute atomic E-state index is 12.9. The van der Waals surface area contributed by atoms with Crippen molar-refractivity contribution in [2.24, 2.45) is 10.7 Å². The first-order valence-corrected chi connectivity index (χ1v) is 6.19. The second-order valence-corrected chi connectivity index (χ2v) is 4.33. The van der Waals surface area contributed by atoms with Crippen molar-refractivity contribution < 1.29 is 4.39 Å². The van der Waals surface area contributed by atoms with Crippen molar-refractivity contribution in [3.05, 3.63) is 30.1 Å². The van der Waals surface area contributed by atoms with Crippen molar-refractivity contribution in [1.82, 2.24) is 4.90 Å². The number of piperazine rings is 1. The fourth-order valence-electron chi connectivity index (χ4n) is 2.07. The Morgan fingerprint density at radius 1 is 1.26 bits per heavy atom. The van der Waals surface area contributed by atoms with Crippen LogP contribution < -0.4 is 10.6 Å². The fraction of sp³-hybridized carbons (Fsp3) is 0.357. The maximum atomic E-state index is 12.9. The highest BCUT2D eigenvalue weighted by Crippen LogP contribution is 2.16.